The van der Waals surface area contributed by atoms with Gasteiger partial charge in [-0.05, 0) is 12.1 Å². The highest BCUT2D eigenvalue weighted by Gasteiger charge is 2.15. The Kier molecular flexibility index (Phi) is 6.39. The van der Waals surface area contributed by atoms with Crippen LogP contribution in [0, 0.1) is 0 Å². The van der Waals surface area contributed by atoms with Gasteiger partial charge in [0, 0.05) is 18.1 Å². The maximum atomic E-state index is 12.0. The highest BCUT2D eigenvalue weighted by Crippen LogP contribution is 2.18. The topological polar surface area (TPSA) is 115 Å². The number of thiazole rings is 1. The lowest BCUT2D eigenvalue weighted by atomic mass is 10.4. The molecule has 0 fully saturated rings. The molecule has 0 saturated carbocycles. The minimum atomic E-state index is -0.342. The van der Waals surface area contributed by atoms with Gasteiger partial charge in [0.15, 0.2) is 21.9 Å². The molecule has 27 heavy (non-hydrogen) atoms. The number of hydrogen-bond donors (Lipinski definition) is 2. The molecule has 2 N–H and O–H groups in total. The van der Waals surface area contributed by atoms with Crippen LogP contribution in [0.1, 0.15) is 16.4 Å². The van der Waals surface area contributed by atoms with Crippen LogP contribution >= 0.6 is 23.1 Å². The Labute approximate surface area is 162 Å². The van der Waals surface area contributed by atoms with E-state index in [1.54, 1.807) is 34.4 Å². The lowest BCUT2D eigenvalue weighted by molar-refractivity contribution is -0.113. The van der Waals surface area contributed by atoms with Gasteiger partial charge in [0.1, 0.15) is 0 Å². The van der Waals surface area contributed by atoms with Crippen molar-refractivity contribution < 1.29 is 14.0 Å². The van der Waals surface area contributed by atoms with Crippen LogP contribution in [0.5, 0.6) is 0 Å². The Hall–Kier alpha value is -2.92. The van der Waals surface area contributed by atoms with E-state index in [2.05, 4.69) is 32.4 Å². The number of aromatic nitrogens is 4. The second-order valence-electron chi connectivity index (χ2n) is 5.13. The monoisotopic (exact) mass is 404 g/mol. The molecule has 11 heteroatoms. The van der Waals surface area contributed by atoms with Crippen LogP contribution in [0.4, 0.5) is 5.13 Å². The summed E-state index contributed by atoms with van der Waals surface area (Å²) in [7, 11) is 0. The van der Waals surface area contributed by atoms with Crippen LogP contribution in [0.25, 0.3) is 0 Å². The van der Waals surface area contributed by atoms with Gasteiger partial charge in [-0.1, -0.05) is 17.8 Å². The molecule has 3 aromatic rings. The molecule has 0 spiro atoms. The van der Waals surface area contributed by atoms with Gasteiger partial charge in [-0.2, -0.15) is 0 Å². The van der Waals surface area contributed by atoms with Crippen LogP contribution in [-0.4, -0.2) is 37.3 Å². The van der Waals surface area contributed by atoms with Gasteiger partial charge in [-0.3, -0.25) is 9.59 Å². The lowest BCUT2D eigenvalue weighted by Crippen LogP contribution is -2.24. The van der Waals surface area contributed by atoms with E-state index in [9.17, 15) is 9.59 Å². The summed E-state index contributed by atoms with van der Waals surface area (Å²) in [5.41, 5.74) is 0. The van der Waals surface area contributed by atoms with E-state index in [0.717, 1.165) is 0 Å². The minimum Gasteiger partial charge on any atom is -0.459 e. The molecule has 140 valence electrons. The first-order valence-corrected chi connectivity index (χ1v) is 9.70. The number of allylic oxidation sites excluding steroid dienone is 1. The molecule has 2 amide bonds. The molecular weight excluding hydrogens is 388 g/mol. The fourth-order valence-electron chi connectivity index (χ4n) is 2.09. The molecule has 0 atom stereocenters. The summed E-state index contributed by atoms with van der Waals surface area (Å²) >= 11 is 2.59. The number of carbonyl (C=O) groups excluding carboxylic acids is 2. The summed E-state index contributed by atoms with van der Waals surface area (Å²) in [4.78, 5) is 28.0. The van der Waals surface area contributed by atoms with Crippen molar-refractivity contribution in [3.8, 4) is 0 Å². The average Bonchev–Trinajstić information content (AvgIpc) is 3.41. The van der Waals surface area contributed by atoms with E-state index in [1.807, 2.05) is 0 Å². The van der Waals surface area contributed by atoms with E-state index in [4.69, 9.17) is 4.42 Å². The van der Waals surface area contributed by atoms with Crippen LogP contribution in [0.3, 0.4) is 0 Å². The van der Waals surface area contributed by atoms with Crippen LogP contribution in [0.15, 0.2) is 52.2 Å². The number of thioether (sulfide) groups is 1. The molecule has 0 aliphatic rings. The number of nitrogens with one attached hydrogen (secondary N) is 2. The first-order valence-electron chi connectivity index (χ1n) is 7.84. The molecule has 3 heterocycles. The average molecular weight is 404 g/mol. The fraction of sp³-hybridized carbons (Fsp3) is 0.188. The SMILES string of the molecule is C=CCn1c(CNC(=O)c2ccco2)nnc1SCC(=O)Nc1nccs1. The third-order valence-corrected chi connectivity index (χ3v) is 4.92. The first-order chi connectivity index (χ1) is 13.2. The minimum absolute atomic E-state index is 0.160. The van der Waals surface area contributed by atoms with E-state index in [-0.39, 0.29) is 29.9 Å². The van der Waals surface area contributed by atoms with E-state index in [1.165, 1.54) is 29.4 Å². The van der Waals surface area contributed by atoms with Crippen molar-refractivity contribution in [2.24, 2.45) is 0 Å². The van der Waals surface area contributed by atoms with Crippen molar-refractivity contribution in [3.63, 3.8) is 0 Å². The van der Waals surface area contributed by atoms with Gasteiger partial charge in [-0.15, -0.1) is 28.1 Å². The molecule has 0 radical (unpaired) electrons. The van der Waals surface area contributed by atoms with Crippen molar-refractivity contribution in [3.05, 3.63) is 54.2 Å². The summed E-state index contributed by atoms with van der Waals surface area (Å²) in [6, 6.07) is 3.22. The summed E-state index contributed by atoms with van der Waals surface area (Å²) in [6.07, 6.45) is 4.75. The Morgan fingerprint density at radius 3 is 3.00 bits per heavy atom. The third-order valence-electron chi connectivity index (χ3n) is 3.27. The summed E-state index contributed by atoms with van der Waals surface area (Å²) in [5.74, 6) is 0.407. The Bertz CT molecular complexity index is 905. The van der Waals surface area contributed by atoms with Crippen LogP contribution in [-0.2, 0) is 17.9 Å². The number of rotatable bonds is 9. The number of anilines is 1. The Morgan fingerprint density at radius 1 is 1.41 bits per heavy atom. The van der Waals surface area contributed by atoms with E-state index < -0.39 is 0 Å². The molecule has 3 aromatic heterocycles. The molecule has 3 rings (SSSR count). The standard InChI is InChI=1S/C16H16N6O3S2/c1-2-6-22-12(9-18-14(24)11-4-3-7-25-11)20-21-16(22)27-10-13(23)19-15-17-5-8-26-15/h2-5,7-8H,1,6,9-10H2,(H,18,24)(H,17,19,23). The second kappa shape index (κ2) is 9.14. The number of nitrogens with zero attached hydrogens (tertiary/aromatic N) is 4. The van der Waals surface area contributed by atoms with Crippen LogP contribution in [0.2, 0.25) is 0 Å². The van der Waals surface area contributed by atoms with Crippen molar-refractivity contribution in [1.82, 2.24) is 25.1 Å². The lowest BCUT2D eigenvalue weighted by Gasteiger charge is -2.08. The molecule has 9 nitrogen and oxygen atoms in total. The van der Waals surface area contributed by atoms with Crippen LogP contribution < -0.4 is 10.6 Å². The zero-order valence-electron chi connectivity index (χ0n) is 14.1. The second-order valence-corrected chi connectivity index (χ2v) is 6.97. The number of hydrogen-bond acceptors (Lipinski definition) is 8. The highest BCUT2D eigenvalue weighted by atomic mass is 32.2. The van der Waals surface area contributed by atoms with Crippen molar-refractivity contribution in [2.75, 3.05) is 11.1 Å². The number of furan rings is 1. The van der Waals surface area contributed by atoms with E-state index >= 15 is 0 Å². The normalized spacial score (nSPS) is 10.5. The largest absolute Gasteiger partial charge is 0.459 e. The summed E-state index contributed by atoms with van der Waals surface area (Å²) in [5, 5.41) is 16.5. The predicted molar refractivity (Wildman–Crippen MR) is 102 cm³/mol. The van der Waals surface area contributed by atoms with Crippen molar-refractivity contribution in [1.29, 1.82) is 0 Å². The predicted octanol–water partition coefficient (Wildman–Crippen LogP) is 2.17. The van der Waals surface area contributed by atoms with Gasteiger partial charge in [0.25, 0.3) is 5.91 Å². The Morgan fingerprint density at radius 2 is 2.30 bits per heavy atom. The summed E-state index contributed by atoms with van der Waals surface area (Å²) in [6.45, 7) is 4.35. The number of amides is 2. The molecule has 0 aliphatic carbocycles. The van der Waals surface area contributed by atoms with Gasteiger partial charge in [0.05, 0.1) is 18.6 Å². The third kappa shape index (κ3) is 5.05. The summed E-state index contributed by atoms with van der Waals surface area (Å²) < 4.78 is 6.84. The molecular formula is C16H16N6O3S2. The zero-order valence-corrected chi connectivity index (χ0v) is 15.8. The molecule has 0 saturated heterocycles. The fourth-order valence-corrected chi connectivity index (χ4v) is 3.41. The van der Waals surface area contributed by atoms with Gasteiger partial charge in [0.2, 0.25) is 5.91 Å². The number of carbonyl (C=O) groups is 2. The molecule has 0 aromatic carbocycles. The van der Waals surface area contributed by atoms with E-state index in [0.29, 0.717) is 22.7 Å². The van der Waals surface area contributed by atoms with Crippen molar-refractivity contribution >= 4 is 40.0 Å². The molecule has 0 aliphatic heterocycles. The maximum absolute atomic E-state index is 12.0. The molecule has 0 bridgehead atoms. The highest BCUT2D eigenvalue weighted by molar-refractivity contribution is 7.99. The molecule has 0 unspecified atom stereocenters. The van der Waals surface area contributed by atoms with Gasteiger partial charge >= 0.3 is 0 Å². The first kappa shape index (κ1) is 18.9. The maximum Gasteiger partial charge on any atom is 0.287 e. The van der Waals surface area contributed by atoms with Gasteiger partial charge < -0.3 is 19.6 Å². The van der Waals surface area contributed by atoms with Crippen molar-refractivity contribution in [2.45, 2.75) is 18.2 Å². The quantitative estimate of drug-likeness (QED) is 0.415. The van der Waals surface area contributed by atoms with Gasteiger partial charge in [-0.25, -0.2) is 4.98 Å². The smallest absolute Gasteiger partial charge is 0.287 e. The Balaban J connectivity index is 1.59. The zero-order chi connectivity index (χ0) is 19.1.